The van der Waals surface area contributed by atoms with Crippen LogP contribution in [0.4, 0.5) is 5.69 Å². The van der Waals surface area contributed by atoms with Gasteiger partial charge in [-0.15, -0.1) is 0 Å². The lowest BCUT2D eigenvalue weighted by Crippen LogP contribution is -2.41. The van der Waals surface area contributed by atoms with Gasteiger partial charge in [-0.25, -0.2) is 4.79 Å². The van der Waals surface area contributed by atoms with Crippen molar-refractivity contribution in [3.63, 3.8) is 0 Å². The van der Waals surface area contributed by atoms with Crippen LogP contribution in [0.25, 0.3) is 0 Å². The molecule has 1 heterocycles. The van der Waals surface area contributed by atoms with Crippen molar-refractivity contribution in [2.24, 2.45) is 0 Å². The van der Waals surface area contributed by atoms with E-state index in [4.69, 9.17) is 14.0 Å². The summed E-state index contributed by atoms with van der Waals surface area (Å²) >= 11 is 0. The molecule has 0 amide bonds. The van der Waals surface area contributed by atoms with Crippen molar-refractivity contribution in [2.45, 2.75) is 59.7 Å². The Balaban J connectivity index is 2.69. The van der Waals surface area contributed by atoms with E-state index in [-0.39, 0.29) is 5.97 Å². The van der Waals surface area contributed by atoms with Crippen LogP contribution in [0.2, 0.25) is 0 Å². The first-order valence-corrected chi connectivity index (χ1v) is 8.23. The number of carbonyl (C=O) groups is 1. The zero-order chi connectivity index (χ0) is 18.4. The molecule has 1 aromatic rings. The van der Waals surface area contributed by atoms with Crippen LogP contribution in [-0.4, -0.2) is 38.4 Å². The number of methoxy groups -OCH3 is 1. The minimum Gasteiger partial charge on any atom is -0.465 e. The van der Waals surface area contributed by atoms with Gasteiger partial charge in [0.25, 0.3) is 0 Å². The predicted molar refractivity (Wildman–Crippen MR) is 97.3 cm³/mol. The second kappa shape index (κ2) is 6.08. The molecule has 24 heavy (non-hydrogen) atoms. The molecule has 132 valence electrons. The van der Waals surface area contributed by atoms with Crippen LogP contribution < -0.4 is 10.8 Å². The number of rotatable bonds is 3. The summed E-state index contributed by atoms with van der Waals surface area (Å²) < 4.78 is 17.4. The third kappa shape index (κ3) is 2.72. The van der Waals surface area contributed by atoms with Gasteiger partial charge in [-0.05, 0) is 70.6 Å². The highest BCUT2D eigenvalue weighted by molar-refractivity contribution is 6.63. The van der Waals surface area contributed by atoms with Crippen LogP contribution in [0.15, 0.2) is 0 Å². The molecule has 6 heteroatoms. The Kier molecular flexibility index (Phi) is 4.77. The summed E-state index contributed by atoms with van der Waals surface area (Å²) in [7, 11) is 2.72. The van der Waals surface area contributed by atoms with Crippen LogP contribution >= 0.6 is 0 Å². The zero-order valence-corrected chi connectivity index (χ0v) is 16.2. The topological polar surface area (TPSA) is 56.8 Å². The lowest BCUT2D eigenvalue weighted by Gasteiger charge is -2.32. The highest BCUT2D eigenvalue weighted by atomic mass is 16.7. The van der Waals surface area contributed by atoms with Crippen molar-refractivity contribution in [1.29, 1.82) is 0 Å². The molecule has 0 spiro atoms. The molecule has 0 radical (unpaired) electrons. The predicted octanol–water partition coefficient (Wildman–Crippen LogP) is 2.74. The molecule has 0 atom stereocenters. The van der Waals surface area contributed by atoms with E-state index in [9.17, 15) is 4.79 Å². The van der Waals surface area contributed by atoms with Crippen molar-refractivity contribution in [2.75, 3.05) is 19.5 Å². The minimum atomic E-state index is -0.522. The van der Waals surface area contributed by atoms with E-state index >= 15 is 0 Å². The summed E-state index contributed by atoms with van der Waals surface area (Å²) in [6.07, 6.45) is 0. The van der Waals surface area contributed by atoms with Gasteiger partial charge < -0.3 is 19.4 Å². The van der Waals surface area contributed by atoms with Gasteiger partial charge in [-0.1, -0.05) is 0 Å². The summed E-state index contributed by atoms with van der Waals surface area (Å²) in [6, 6.07) is 0. The monoisotopic (exact) mass is 333 g/mol. The largest absolute Gasteiger partial charge is 0.495 e. The van der Waals surface area contributed by atoms with Gasteiger partial charge in [0.2, 0.25) is 0 Å². The Morgan fingerprint density at radius 3 is 1.92 bits per heavy atom. The Morgan fingerprint density at radius 1 is 1.00 bits per heavy atom. The van der Waals surface area contributed by atoms with Crippen molar-refractivity contribution in [1.82, 2.24) is 0 Å². The van der Waals surface area contributed by atoms with Crippen molar-refractivity contribution in [3.8, 4) is 0 Å². The number of hydrogen-bond donors (Lipinski definition) is 1. The molecule has 1 aliphatic heterocycles. The van der Waals surface area contributed by atoms with Crippen LogP contribution in [-0.2, 0) is 14.0 Å². The molecule has 1 aliphatic rings. The Labute approximate surface area is 145 Å². The number of anilines is 1. The summed E-state index contributed by atoms with van der Waals surface area (Å²) in [5.41, 5.74) is 4.23. The van der Waals surface area contributed by atoms with Gasteiger partial charge in [-0.2, -0.15) is 0 Å². The van der Waals surface area contributed by atoms with Gasteiger partial charge in [0.15, 0.2) is 0 Å². The first kappa shape index (κ1) is 18.8. The van der Waals surface area contributed by atoms with Gasteiger partial charge in [0, 0.05) is 12.7 Å². The molecule has 1 aromatic carbocycles. The lowest BCUT2D eigenvalue weighted by atomic mass is 9.70. The maximum atomic E-state index is 12.3. The molecule has 5 nitrogen and oxygen atoms in total. The van der Waals surface area contributed by atoms with Gasteiger partial charge >= 0.3 is 13.1 Å². The maximum absolute atomic E-state index is 12.3. The second-order valence-corrected chi connectivity index (χ2v) is 7.37. The maximum Gasteiger partial charge on any atom is 0.495 e. The molecular formula is C18H28BNO4. The first-order chi connectivity index (χ1) is 11.0. The molecular weight excluding hydrogens is 305 g/mol. The van der Waals surface area contributed by atoms with E-state index in [2.05, 4.69) is 5.32 Å². The highest BCUT2D eigenvalue weighted by Crippen LogP contribution is 2.38. The minimum absolute atomic E-state index is 0.348. The third-order valence-electron chi connectivity index (χ3n) is 5.44. The molecule has 2 rings (SSSR count). The summed E-state index contributed by atoms with van der Waals surface area (Å²) in [5, 5.41) is 3.20. The summed E-state index contributed by atoms with van der Waals surface area (Å²) in [5.74, 6) is -0.348. The zero-order valence-electron chi connectivity index (χ0n) is 16.2. The van der Waals surface area contributed by atoms with Crippen LogP contribution in [0.3, 0.4) is 0 Å². The summed E-state index contributed by atoms with van der Waals surface area (Å²) in [6.45, 7) is 13.9. The van der Waals surface area contributed by atoms with E-state index in [0.29, 0.717) is 5.56 Å². The molecule has 1 N–H and O–H groups in total. The Bertz CT molecular complexity index is 666. The molecule has 0 saturated carbocycles. The molecule has 0 aliphatic carbocycles. The average molecular weight is 333 g/mol. The number of ether oxygens (including phenoxy) is 1. The fourth-order valence-electron chi connectivity index (χ4n) is 3.34. The van der Waals surface area contributed by atoms with Gasteiger partial charge in [0.05, 0.1) is 23.9 Å². The molecule has 0 bridgehead atoms. The molecule has 0 unspecified atom stereocenters. The van der Waals surface area contributed by atoms with Crippen molar-refractivity contribution < 1.29 is 18.8 Å². The SMILES string of the molecule is CNc1c(C)c(B2OC(C)(C)C(C)(C)O2)c(C)c(C(=O)OC)c1C. The second-order valence-electron chi connectivity index (χ2n) is 7.37. The smallest absolute Gasteiger partial charge is 0.465 e. The normalized spacial score (nSPS) is 18.6. The van der Waals surface area contributed by atoms with Crippen LogP contribution in [0, 0.1) is 20.8 Å². The average Bonchev–Trinajstić information content (AvgIpc) is 2.67. The van der Waals surface area contributed by atoms with E-state index in [1.54, 1.807) is 0 Å². The molecule has 0 aromatic heterocycles. The summed E-state index contributed by atoms with van der Waals surface area (Å²) in [4.78, 5) is 12.3. The Morgan fingerprint density at radius 2 is 1.50 bits per heavy atom. The fourth-order valence-corrected chi connectivity index (χ4v) is 3.34. The molecule has 1 saturated heterocycles. The van der Waals surface area contributed by atoms with Gasteiger partial charge in [0.1, 0.15) is 0 Å². The third-order valence-corrected chi connectivity index (χ3v) is 5.44. The highest BCUT2D eigenvalue weighted by Gasteiger charge is 2.53. The Hall–Kier alpha value is -1.53. The van der Waals surface area contributed by atoms with E-state index in [1.165, 1.54) is 7.11 Å². The van der Waals surface area contributed by atoms with E-state index < -0.39 is 18.3 Å². The molecule has 1 fully saturated rings. The fraction of sp³-hybridized carbons (Fsp3) is 0.611. The first-order valence-electron chi connectivity index (χ1n) is 8.23. The lowest BCUT2D eigenvalue weighted by molar-refractivity contribution is 0.00578. The standard InChI is InChI=1S/C18H28BNO4/c1-10-13(16(21)22-9)11(2)15(20-8)12(3)14(10)19-23-17(4,5)18(6,7)24-19/h20H,1-9H3. The number of esters is 1. The van der Waals surface area contributed by atoms with E-state index in [1.807, 2.05) is 55.5 Å². The van der Waals surface area contributed by atoms with E-state index in [0.717, 1.165) is 27.8 Å². The van der Waals surface area contributed by atoms with Crippen molar-refractivity contribution >= 4 is 24.2 Å². The van der Waals surface area contributed by atoms with Crippen LogP contribution in [0.1, 0.15) is 54.7 Å². The number of benzene rings is 1. The van der Waals surface area contributed by atoms with Crippen molar-refractivity contribution in [3.05, 3.63) is 22.3 Å². The number of nitrogens with one attached hydrogen (secondary N) is 1. The number of hydrogen-bond acceptors (Lipinski definition) is 5. The van der Waals surface area contributed by atoms with Crippen LogP contribution in [0.5, 0.6) is 0 Å². The quantitative estimate of drug-likeness (QED) is 0.681. The number of carbonyl (C=O) groups excluding carboxylic acids is 1. The van der Waals surface area contributed by atoms with Gasteiger partial charge in [-0.3, -0.25) is 0 Å².